The SMILES string of the molecule is Cl.N.N.[O]=[Sb]([OH])[OH]. The van der Waals surface area contributed by atoms with Gasteiger partial charge in [-0.25, -0.2) is 0 Å². The second-order valence-electron chi connectivity index (χ2n) is 0.253. The molecule has 1 radical (unpaired) electrons. The Kier molecular flexibility index (Phi) is 56.9. The van der Waals surface area contributed by atoms with Crippen LogP contribution in [0.3, 0.4) is 0 Å². The molecule has 0 rings (SSSR count). The molecule has 0 bridgehead atoms. The van der Waals surface area contributed by atoms with Gasteiger partial charge in [-0.2, -0.15) is 0 Å². The van der Waals surface area contributed by atoms with Crippen LogP contribution in [0.15, 0.2) is 0 Å². The Hall–Kier alpha value is 0.748. The van der Waals surface area contributed by atoms with E-state index >= 15 is 0 Å². The fraction of sp³-hybridized carbons (Fsp3) is 0. The first kappa shape index (κ1) is 25.1. The van der Waals surface area contributed by atoms with Gasteiger partial charge >= 0.3 is 30.8 Å². The summed E-state index contributed by atoms with van der Waals surface area (Å²) in [5.74, 6) is 0. The first-order chi connectivity index (χ1) is 1.73. The monoisotopic (exact) mass is 241 g/mol. The standard InChI is InChI=1S/ClH.2H3N.2H2O.O.Sb/h1H;2*1H3;2*1H2;;/q;;;;;;+2/p-2. The van der Waals surface area contributed by atoms with Crippen LogP contribution in [0.4, 0.5) is 0 Å². The van der Waals surface area contributed by atoms with E-state index in [4.69, 9.17) is 9.79 Å². The molecule has 8 N–H and O–H groups in total. The van der Waals surface area contributed by atoms with Gasteiger partial charge in [0.25, 0.3) is 0 Å². The minimum absolute atomic E-state index is 0. The van der Waals surface area contributed by atoms with Gasteiger partial charge in [-0.3, -0.25) is 0 Å². The van der Waals surface area contributed by atoms with Crippen LogP contribution in [0.1, 0.15) is 0 Å². The molecule has 0 spiro atoms. The van der Waals surface area contributed by atoms with Gasteiger partial charge in [0.1, 0.15) is 0 Å². The van der Waals surface area contributed by atoms with Crippen molar-refractivity contribution in [1.82, 2.24) is 12.3 Å². The zero-order valence-corrected chi connectivity index (χ0v) is 6.94. The zero-order chi connectivity index (χ0) is 3.58. The second-order valence-corrected chi connectivity index (χ2v) is 1.70. The van der Waals surface area contributed by atoms with E-state index in [9.17, 15) is 0 Å². The maximum absolute atomic E-state index is 8.82. The molecule has 0 aromatic heterocycles. The Morgan fingerprint density at radius 1 is 1.14 bits per heavy atom. The van der Waals surface area contributed by atoms with Gasteiger partial charge in [0.15, 0.2) is 0 Å². The van der Waals surface area contributed by atoms with Crippen molar-refractivity contribution in [2.75, 3.05) is 0 Å². The Morgan fingerprint density at radius 2 is 1.14 bits per heavy atom. The summed E-state index contributed by atoms with van der Waals surface area (Å²) < 4.78 is 23.3. The van der Waals surface area contributed by atoms with E-state index in [-0.39, 0.29) is 24.7 Å². The Labute approximate surface area is 55.8 Å². The first-order valence-corrected chi connectivity index (χ1v) is 3.91. The third-order valence-corrected chi connectivity index (χ3v) is 0. The van der Waals surface area contributed by atoms with Gasteiger partial charge in [0.05, 0.1) is 0 Å². The molecule has 0 heterocycles. The van der Waals surface area contributed by atoms with Crippen molar-refractivity contribution in [3.63, 3.8) is 0 Å². The van der Waals surface area contributed by atoms with Crippen LogP contribution in [0.2, 0.25) is 0 Å². The molecule has 0 aliphatic carbocycles. The summed E-state index contributed by atoms with van der Waals surface area (Å²) >= 11 is -3.70. The zero-order valence-electron chi connectivity index (χ0n) is 3.57. The van der Waals surface area contributed by atoms with Crippen molar-refractivity contribution in [2.24, 2.45) is 0 Å². The van der Waals surface area contributed by atoms with Gasteiger partial charge in [-0.1, -0.05) is 0 Å². The summed E-state index contributed by atoms with van der Waals surface area (Å²) in [6, 6.07) is 0. The number of rotatable bonds is 0. The Balaban J connectivity index is -0.0000000150. The van der Waals surface area contributed by atoms with E-state index in [2.05, 4.69) is 0 Å². The summed E-state index contributed by atoms with van der Waals surface area (Å²) in [5.41, 5.74) is 0. The van der Waals surface area contributed by atoms with Gasteiger partial charge in [-0.05, 0) is 0 Å². The number of halogens is 1. The molecule has 0 unspecified atom stereocenters. The summed E-state index contributed by atoms with van der Waals surface area (Å²) in [7, 11) is 0. The molecule has 0 atom stereocenters. The van der Waals surface area contributed by atoms with Crippen molar-refractivity contribution in [2.45, 2.75) is 0 Å². The van der Waals surface area contributed by atoms with Crippen molar-refractivity contribution >= 4 is 33.4 Å². The molecule has 0 saturated carbocycles. The predicted molar refractivity (Wildman–Crippen MR) is 28.2 cm³/mol. The molecule has 0 fully saturated rings. The van der Waals surface area contributed by atoms with Gasteiger partial charge < -0.3 is 12.3 Å². The van der Waals surface area contributed by atoms with E-state index in [1.54, 1.807) is 0 Å². The molecule has 7 heteroatoms. The number of hydrogen-bond donors (Lipinski definition) is 4. The van der Waals surface area contributed by atoms with Crippen LogP contribution in [0.5, 0.6) is 0 Å². The second kappa shape index (κ2) is 15.9. The van der Waals surface area contributed by atoms with Crippen LogP contribution in [-0.2, 0) is 3.02 Å². The van der Waals surface area contributed by atoms with Crippen molar-refractivity contribution in [3.05, 3.63) is 0 Å². The van der Waals surface area contributed by atoms with E-state index in [1.165, 1.54) is 0 Å². The van der Waals surface area contributed by atoms with Crippen LogP contribution in [0.25, 0.3) is 0 Å². The molecule has 0 aliphatic heterocycles. The molecular weight excluding hydrogens is 233 g/mol. The van der Waals surface area contributed by atoms with Crippen LogP contribution in [-0.4, -0.2) is 27.8 Å². The minimum atomic E-state index is -3.70. The Morgan fingerprint density at radius 3 is 1.14 bits per heavy atom. The molecule has 0 saturated heterocycles. The summed E-state index contributed by atoms with van der Waals surface area (Å²) in [5, 5.41) is 0. The van der Waals surface area contributed by atoms with Crippen molar-refractivity contribution in [1.29, 1.82) is 0 Å². The summed E-state index contributed by atoms with van der Waals surface area (Å²) in [4.78, 5) is 0. The van der Waals surface area contributed by atoms with Crippen LogP contribution in [0, 0.1) is 0 Å². The first-order valence-electron chi connectivity index (χ1n) is 0.583. The predicted octanol–water partition coefficient (Wildman–Crippen LogP) is -0.868. The summed E-state index contributed by atoms with van der Waals surface area (Å²) in [6.07, 6.45) is 0. The van der Waals surface area contributed by atoms with E-state index in [1.807, 2.05) is 0 Å². The Bertz CT molecular complexity index is 35.9. The molecule has 5 nitrogen and oxygen atoms in total. The number of hydrogen-bond acceptors (Lipinski definition) is 3. The normalized spacial score (nSPS) is 3.71. The average molecular weight is 242 g/mol. The van der Waals surface area contributed by atoms with Gasteiger partial charge in [0.2, 0.25) is 0 Å². The third-order valence-electron chi connectivity index (χ3n) is 0. The fourth-order valence-corrected chi connectivity index (χ4v) is 0. The van der Waals surface area contributed by atoms with Crippen molar-refractivity contribution < 1.29 is 9.79 Å². The molecule has 0 aliphatic rings. The third kappa shape index (κ3) is 272. The van der Waals surface area contributed by atoms with E-state index in [0.29, 0.717) is 0 Å². The molecular formula is H9ClN2O3Sb. The van der Waals surface area contributed by atoms with Crippen LogP contribution < -0.4 is 12.3 Å². The molecule has 0 aromatic rings. The maximum atomic E-state index is 8.82. The van der Waals surface area contributed by atoms with E-state index < -0.39 is 21.0 Å². The van der Waals surface area contributed by atoms with Gasteiger partial charge in [-0.15, -0.1) is 12.4 Å². The van der Waals surface area contributed by atoms with Crippen molar-refractivity contribution in [3.8, 4) is 0 Å². The fourth-order valence-electron chi connectivity index (χ4n) is 0. The molecule has 0 amide bonds. The molecule has 49 valence electrons. The quantitative estimate of drug-likeness (QED) is 0.411. The van der Waals surface area contributed by atoms with E-state index in [0.717, 1.165) is 0 Å². The topological polar surface area (TPSA) is 128 Å². The van der Waals surface area contributed by atoms with Crippen LogP contribution >= 0.6 is 12.4 Å². The molecule has 7 heavy (non-hydrogen) atoms. The average Bonchev–Trinajstić information content (AvgIpc) is 0.811. The van der Waals surface area contributed by atoms with Gasteiger partial charge in [0, 0.05) is 0 Å². The molecule has 0 aromatic carbocycles. The summed E-state index contributed by atoms with van der Waals surface area (Å²) in [6.45, 7) is 0.